The number of rotatable bonds is 2. The average Bonchev–Trinajstić information content (AvgIpc) is 2.67. The molecule has 0 bridgehead atoms. The Morgan fingerprint density at radius 1 is 1.13 bits per heavy atom. The summed E-state index contributed by atoms with van der Waals surface area (Å²) in [7, 11) is 0. The normalized spacial score (nSPS) is 21.5. The summed E-state index contributed by atoms with van der Waals surface area (Å²) in [5.41, 5.74) is 9.32. The highest BCUT2D eigenvalue weighted by molar-refractivity contribution is 5.25. The topological polar surface area (TPSA) is 26.0 Å². The Morgan fingerprint density at radius 3 is 2.20 bits per heavy atom. The van der Waals surface area contributed by atoms with E-state index in [9.17, 15) is 0 Å². The highest BCUT2D eigenvalue weighted by Crippen LogP contribution is 2.45. The van der Waals surface area contributed by atoms with E-state index in [4.69, 9.17) is 5.73 Å². The Morgan fingerprint density at radius 2 is 1.67 bits per heavy atom. The third-order valence-corrected chi connectivity index (χ3v) is 3.93. The van der Waals surface area contributed by atoms with Gasteiger partial charge in [0.05, 0.1) is 0 Å². The molecule has 0 aliphatic heterocycles. The van der Waals surface area contributed by atoms with Crippen molar-refractivity contribution in [3.63, 3.8) is 0 Å². The fourth-order valence-corrected chi connectivity index (χ4v) is 2.67. The average molecular weight is 203 g/mol. The van der Waals surface area contributed by atoms with Gasteiger partial charge >= 0.3 is 0 Å². The van der Waals surface area contributed by atoms with Gasteiger partial charge in [0.15, 0.2) is 0 Å². The van der Waals surface area contributed by atoms with Crippen LogP contribution in [0, 0.1) is 12.3 Å². The molecular formula is C14H21N. The molecule has 1 unspecified atom stereocenters. The van der Waals surface area contributed by atoms with E-state index in [1.165, 1.54) is 36.8 Å². The Labute approximate surface area is 92.7 Å². The first kappa shape index (κ1) is 10.7. The summed E-state index contributed by atoms with van der Waals surface area (Å²) in [4.78, 5) is 0. The number of hydrogen-bond acceptors (Lipinski definition) is 1. The van der Waals surface area contributed by atoms with Crippen molar-refractivity contribution in [2.24, 2.45) is 11.1 Å². The van der Waals surface area contributed by atoms with Crippen LogP contribution in [0.5, 0.6) is 0 Å². The van der Waals surface area contributed by atoms with Gasteiger partial charge in [-0.15, -0.1) is 0 Å². The standard InChI is InChI=1S/C14H21N/c1-11-5-7-12(8-6-11)13(15)14(2)9-3-4-10-14/h5-8,13H,3-4,9-10,15H2,1-2H3. The van der Waals surface area contributed by atoms with E-state index in [-0.39, 0.29) is 6.04 Å². The van der Waals surface area contributed by atoms with Crippen LogP contribution in [0.4, 0.5) is 0 Å². The summed E-state index contributed by atoms with van der Waals surface area (Å²) in [6.45, 7) is 4.46. The van der Waals surface area contributed by atoms with Gasteiger partial charge in [0.1, 0.15) is 0 Å². The van der Waals surface area contributed by atoms with Crippen molar-refractivity contribution in [2.45, 2.75) is 45.6 Å². The minimum atomic E-state index is 0.209. The molecule has 1 fully saturated rings. The third-order valence-electron chi connectivity index (χ3n) is 3.93. The lowest BCUT2D eigenvalue weighted by Gasteiger charge is -2.31. The highest BCUT2D eigenvalue weighted by atomic mass is 14.7. The molecule has 1 aliphatic rings. The number of benzene rings is 1. The second kappa shape index (κ2) is 3.97. The molecule has 1 saturated carbocycles. The Kier molecular flexibility index (Phi) is 2.83. The molecule has 0 radical (unpaired) electrons. The smallest absolute Gasteiger partial charge is 0.0349 e. The summed E-state index contributed by atoms with van der Waals surface area (Å²) < 4.78 is 0. The summed E-state index contributed by atoms with van der Waals surface area (Å²) in [6, 6.07) is 8.90. The third kappa shape index (κ3) is 2.07. The molecule has 15 heavy (non-hydrogen) atoms. The summed E-state index contributed by atoms with van der Waals surface area (Å²) in [5, 5.41) is 0. The predicted molar refractivity (Wildman–Crippen MR) is 64.7 cm³/mol. The SMILES string of the molecule is Cc1ccc(C(N)C2(C)CCCC2)cc1. The maximum Gasteiger partial charge on any atom is 0.0349 e. The summed E-state index contributed by atoms with van der Waals surface area (Å²) in [6.07, 6.45) is 5.25. The van der Waals surface area contributed by atoms with E-state index in [0.29, 0.717) is 5.41 Å². The van der Waals surface area contributed by atoms with Crippen LogP contribution < -0.4 is 5.73 Å². The van der Waals surface area contributed by atoms with Crippen LogP contribution in [-0.2, 0) is 0 Å². The molecule has 1 aromatic rings. The van der Waals surface area contributed by atoms with Gasteiger partial charge in [-0.3, -0.25) is 0 Å². The van der Waals surface area contributed by atoms with Gasteiger partial charge in [0.25, 0.3) is 0 Å². The molecule has 1 heteroatoms. The second-order valence-corrected chi connectivity index (χ2v) is 5.25. The molecule has 0 aromatic heterocycles. The second-order valence-electron chi connectivity index (χ2n) is 5.25. The first-order valence-electron chi connectivity index (χ1n) is 5.94. The predicted octanol–water partition coefficient (Wildman–Crippen LogP) is 3.58. The Hall–Kier alpha value is -0.820. The van der Waals surface area contributed by atoms with Crippen molar-refractivity contribution < 1.29 is 0 Å². The molecule has 82 valence electrons. The van der Waals surface area contributed by atoms with E-state index in [0.717, 1.165) is 0 Å². The fourth-order valence-electron chi connectivity index (χ4n) is 2.67. The van der Waals surface area contributed by atoms with Crippen LogP contribution in [0.25, 0.3) is 0 Å². The lowest BCUT2D eigenvalue weighted by atomic mass is 9.78. The van der Waals surface area contributed by atoms with Crippen molar-refractivity contribution in [3.05, 3.63) is 35.4 Å². The number of aryl methyl sites for hydroxylation is 1. The van der Waals surface area contributed by atoms with Crippen LogP contribution in [0.2, 0.25) is 0 Å². The van der Waals surface area contributed by atoms with Gasteiger partial charge in [-0.1, -0.05) is 49.6 Å². The lowest BCUT2D eigenvalue weighted by Crippen LogP contribution is -2.29. The van der Waals surface area contributed by atoms with Crippen molar-refractivity contribution in [2.75, 3.05) is 0 Å². The van der Waals surface area contributed by atoms with Crippen LogP contribution in [0.15, 0.2) is 24.3 Å². The molecule has 0 saturated heterocycles. The lowest BCUT2D eigenvalue weighted by molar-refractivity contribution is 0.265. The zero-order valence-electron chi connectivity index (χ0n) is 9.79. The zero-order chi connectivity index (χ0) is 10.9. The monoisotopic (exact) mass is 203 g/mol. The highest BCUT2D eigenvalue weighted by Gasteiger charge is 2.35. The minimum absolute atomic E-state index is 0.209. The molecule has 1 aliphatic carbocycles. The maximum absolute atomic E-state index is 6.38. The van der Waals surface area contributed by atoms with Crippen LogP contribution in [0.3, 0.4) is 0 Å². The van der Waals surface area contributed by atoms with Crippen LogP contribution >= 0.6 is 0 Å². The van der Waals surface area contributed by atoms with Gasteiger partial charge < -0.3 is 5.73 Å². The van der Waals surface area contributed by atoms with Crippen molar-refractivity contribution in [1.29, 1.82) is 0 Å². The van der Waals surface area contributed by atoms with Gasteiger partial charge in [-0.25, -0.2) is 0 Å². The molecule has 0 spiro atoms. The van der Waals surface area contributed by atoms with Gasteiger partial charge in [-0.05, 0) is 30.7 Å². The van der Waals surface area contributed by atoms with Crippen molar-refractivity contribution >= 4 is 0 Å². The van der Waals surface area contributed by atoms with Crippen LogP contribution in [-0.4, -0.2) is 0 Å². The maximum atomic E-state index is 6.38. The minimum Gasteiger partial charge on any atom is -0.323 e. The molecule has 0 heterocycles. The van der Waals surface area contributed by atoms with E-state index >= 15 is 0 Å². The van der Waals surface area contributed by atoms with Crippen molar-refractivity contribution in [3.8, 4) is 0 Å². The number of nitrogens with two attached hydrogens (primary N) is 1. The van der Waals surface area contributed by atoms with Gasteiger partial charge in [0, 0.05) is 6.04 Å². The van der Waals surface area contributed by atoms with Gasteiger partial charge in [0.2, 0.25) is 0 Å². The Bertz CT molecular complexity index is 320. The molecule has 1 nitrogen and oxygen atoms in total. The van der Waals surface area contributed by atoms with E-state index in [2.05, 4.69) is 38.1 Å². The molecule has 1 aromatic carbocycles. The van der Waals surface area contributed by atoms with Gasteiger partial charge in [-0.2, -0.15) is 0 Å². The molecule has 0 amide bonds. The zero-order valence-corrected chi connectivity index (χ0v) is 9.79. The first-order chi connectivity index (χ1) is 7.12. The molecule has 2 rings (SSSR count). The van der Waals surface area contributed by atoms with Crippen molar-refractivity contribution in [1.82, 2.24) is 0 Å². The largest absolute Gasteiger partial charge is 0.323 e. The summed E-state index contributed by atoms with van der Waals surface area (Å²) >= 11 is 0. The number of hydrogen-bond donors (Lipinski definition) is 1. The van der Waals surface area contributed by atoms with E-state index < -0.39 is 0 Å². The molecule has 2 N–H and O–H groups in total. The molecule has 1 atom stereocenters. The fraction of sp³-hybridized carbons (Fsp3) is 0.571. The molecular weight excluding hydrogens is 182 g/mol. The first-order valence-corrected chi connectivity index (χ1v) is 5.94. The Balaban J connectivity index is 2.19. The van der Waals surface area contributed by atoms with E-state index in [1.54, 1.807) is 0 Å². The van der Waals surface area contributed by atoms with E-state index in [1.807, 2.05) is 0 Å². The van der Waals surface area contributed by atoms with Crippen LogP contribution in [0.1, 0.15) is 49.8 Å². The summed E-state index contributed by atoms with van der Waals surface area (Å²) in [5.74, 6) is 0. The quantitative estimate of drug-likeness (QED) is 0.781.